The molecule has 0 saturated carbocycles. The lowest BCUT2D eigenvalue weighted by molar-refractivity contribution is 0.0595. The molecule has 0 amide bonds. The van der Waals surface area contributed by atoms with Gasteiger partial charge in [0.05, 0.1) is 19.7 Å². The van der Waals surface area contributed by atoms with Gasteiger partial charge in [0.1, 0.15) is 17.3 Å². The number of nitrogens with one attached hydrogen (secondary N) is 1. The maximum Gasteiger partial charge on any atom is 0.354 e. The summed E-state index contributed by atoms with van der Waals surface area (Å²) < 4.78 is 23.2. The Hall–Kier alpha value is -2.82. The zero-order valence-corrected chi connectivity index (χ0v) is 14.1. The highest BCUT2D eigenvalue weighted by atomic mass is 19.1. The Bertz CT molecular complexity index is 838. The van der Waals surface area contributed by atoms with Crippen molar-refractivity contribution in [1.82, 2.24) is 4.98 Å². The van der Waals surface area contributed by atoms with Crippen LogP contribution < -0.4 is 4.74 Å². The number of benzene rings is 2. The number of rotatable bonds is 3. The van der Waals surface area contributed by atoms with Crippen LogP contribution >= 0.6 is 0 Å². The van der Waals surface area contributed by atoms with Gasteiger partial charge < -0.3 is 14.5 Å². The molecule has 0 radical (unpaired) electrons. The van der Waals surface area contributed by atoms with Crippen LogP contribution in [0, 0.1) is 5.82 Å². The maximum atomic E-state index is 13.0. The van der Waals surface area contributed by atoms with Gasteiger partial charge in [-0.2, -0.15) is 0 Å². The second-order valence-corrected chi connectivity index (χ2v) is 4.82. The number of hydrogen-bond donors (Lipinski definition) is 1. The summed E-state index contributed by atoms with van der Waals surface area (Å²) in [7, 11) is 2.89. The molecule has 4 nitrogen and oxygen atoms in total. The van der Waals surface area contributed by atoms with Crippen molar-refractivity contribution in [3.63, 3.8) is 0 Å². The Labute approximate surface area is 140 Å². The van der Waals surface area contributed by atoms with Gasteiger partial charge in [0.2, 0.25) is 0 Å². The van der Waals surface area contributed by atoms with Gasteiger partial charge in [-0.25, -0.2) is 9.18 Å². The second-order valence-electron chi connectivity index (χ2n) is 4.82. The molecule has 3 rings (SSSR count). The van der Waals surface area contributed by atoms with E-state index >= 15 is 0 Å². The summed E-state index contributed by atoms with van der Waals surface area (Å²) in [5.74, 6) is -0.102. The summed E-state index contributed by atoms with van der Waals surface area (Å²) in [4.78, 5) is 14.7. The predicted octanol–water partition coefficient (Wildman–Crippen LogP) is 4.80. The topological polar surface area (TPSA) is 51.3 Å². The molecule has 0 spiro atoms. The standard InChI is InChI=1S/C17H14FNO3.C2H6/c1-21-16-8-11(10-3-5-12(18)6-4-10)7-14-13(16)9-15(19-14)17(20)22-2;1-2/h3-9,19H,1-2H3;1-2H3. The Morgan fingerprint density at radius 1 is 1.00 bits per heavy atom. The van der Waals surface area contributed by atoms with Crippen LogP contribution in [0.5, 0.6) is 5.75 Å². The van der Waals surface area contributed by atoms with E-state index in [4.69, 9.17) is 9.47 Å². The molecular formula is C19H20FNO3. The van der Waals surface area contributed by atoms with Crippen molar-refractivity contribution in [2.45, 2.75) is 13.8 Å². The number of methoxy groups -OCH3 is 2. The average molecular weight is 329 g/mol. The zero-order chi connectivity index (χ0) is 17.7. The molecule has 0 fully saturated rings. The lowest BCUT2D eigenvalue weighted by Crippen LogP contribution is -2.00. The molecule has 126 valence electrons. The first-order chi connectivity index (χ1) is 11.6. The third-order valence-electron chi connectivity index (χ3n) is 3.50. The van der Waals surface area contributed by atoms with Gasteiger partial charge in [-0.15, -0.1) is 0 Å². The molecule has 0 atom stereocenters. The Balaban J connectivity index is 0.00000100. The van der Waals surface area contributed by atoms with Gasteiger partial charge in [0, 0.05) is 5.39 Å². The van der Waals surface area contributed by atoms with Crippen molar-refractivity contribution >= 4 is 16.9 Å². The minimum absolute atomic E-state index is 0.287. The number of esters is 1. The lowest BCUT2D eigenvalue weighted by Gasteiger charge is -2.07. The molecule has 24 heavy (non-hydrogen) atoms. The molecule has 3 aromatic rings. The summed E-state index contributed by atoms with van der Waals surface area (Å²) in [5, 5.41) is 0.786. The number of fused-ring (bicyclic) bond motifs is 1. The van der Waals surface area contributed by atoms with E-state index in [2.05, 4.69) is 4.98 Å². The molecule has 0 bridgehead atoms. The van der Waals surface area contributed by atoms with Gasteiger partial charge in [-0.1, -0.05) is 26.0 Å². The van der Waals surface area contributed by atoms with E-state index in [1.807, 2.05) is 26.0 Å². The Kier molecular flexibility index (Phi) is 5.58. The fraction of sp³-hybridized carbons (Fsp3) is 0.211. The van der Waals surface area contributed by atoms with Crippen LogP contribution in [0.25, 0.3) is 22.0 Å². The quantitative estimate of drug-likeness (QED) is 0.703. The molecule has 1 heterocycles. The number of carbonyl (C=O) groups excluding carboxylic acids is 1. The highest BCUT2D eigenvalue weighted by Crippen LogP contribution is 2.33. The maximum absolute atomic E-state index is 13.0. The number of halogens is 1. The van der Waals surface area contributed by atoms with Crippen molar-refractivity contribution in [1.29, 1.82) is 0 Å². The van der Waals surface area contributed by atoms with Crippen LogP contribution in [0.15, 0.2) is 42.5 Å². The van der Waals surface area contributed by atoms with Gasteiger partial charge in [0.25, 0.3) is 0 Å². The van der Waals surface area contributed by atoms with Gasteiger partial charge in [-0.3, -0.25) is 0 Å². The fourth-order valence-electron chi connectivity index (χ4n) is 2.40. The number of aromatic amines is 1. The van der Waals surface area contributed by atoms with E-state index in [1.54, 1.807) is 25.3 Å². The second kappa shape index (κ2) is 7.64. The first kappa shape index (κ1) is 17.5. The molecule has 0 aliphatic carbocycles. The molecule has 0 saturated heterocycles. The third kappa shape index (κ3) is 3.40. The summed E-state index contributed by atoms with van der Waals surface area (Å²) in [5.41, 5.74) is 2.82. The first-order valence-corrected chi connectivity index (χ1v) is 7.67. The molecule has 5 heteroatoms. The van der Waals surface area contributed by atoms with E-state index in [0.717, 1.165) is 22.0 Å². The van der Waals surface area contributed by atoms with Gasteiger partial charge in [-0.05, 0) is 41.5 Å². The zero-order valence-electron chi connectivity index (χ0n) is 14.1. The first-order valence-electron chi connectivity index (χ1n) is 7.67. The molecule has 1 aromatic heterocycles. The monoisotopic (exact) mass is 329 g/mol. The Morgan fingerprint density at radius 3 is 2.25 bits per heavy atom. The minimum Gasteiger partial charge on any atom is -0.496 e. The number of H-pyrrole nitrogens is 1. The number of ether oxygens (including phenoxy) is 2. The lowest BCUT2D eigenvalue weighted by atomic mass is 10.0. The summed E-state index contributed by atoms with van der Waals surface area (Å²) >= 11 is 0. The van der Waals surface area contributed by atoms with Gasteiger partial charge >= 0.3 is 5.97 Å². The van der Waals surface area contributed by atoms with Crippen molar-refractivity contribution in [2.24, 2.45) is 0 Å². The summed E-state index contributed by atoms with van der Waals surface area (Å²) in [6.45, 7) is 4.00. The fourth-order valence-corrected chi connectivity index (χ4v) is 2.40. The highest BCUT2D eigenvalue weighted by molar-refractivity contribution is 5.98. The molecule has 1 N–H and O–H groups in total. The molecule has 0 aliphatic rings. The van der Waals surface area contributed by atoms with Gasteiger partial charge in [0.15, 0.2) is 0 Å². The molecule has 0 unspecified atom stereocenters. The third-order valence-corrected chi connectivity index (χ3v) is 3.50. The van der Waals surface area contributed by atoms with Crippen LogP contribution in [0.4, 0.5) is 4.39 Å². The van der Waals surface area contributed by atoms with Crippen molar-refractivity contribution in [3.8, 4) is 16.9 Å². The number of hydrogen-bond acceptors (Lipinski definition) is 3. The number of aromatic nitrogens is 1. The van der Waals surface area contributed by atoms with Crippen LogP contribution in [-0.4, -0.2) is 25.2 Å². The van der Waals surface area contributed by atoms with E-state index < -0.39 is 5.97 Å². The molecule has 0 aliphatic heterocycles. The predicted molar refractivity (Wildman–Crippen MR) is 92.9 cm³/mol. The Morgan fingerprint density at radius 2 is 1.67 bits per heavy atom. The average Bonchev–Trinajstić information content (AvgIpc) is 3.06. The highest BCUT2D eigenvalue weighted by Gasteiger charge is 2.14. The van der Waals surface area contributed by atoms with E-state index in [0.29, 0.717) is 11.4 Å². The SMILES string of the molecule is CC.COC(=O)c1cc2c(OC)cc(-c3ccc(F)cc3)cc2[nH]1. The smallest absolute Gasteiger partial charge is 0.354 e. The van der Waals surface area contributed by atoms with Crippen LogP contribution in [0.2, 0.25) is 0 Å². The van der Waals surface area contributed by atoms with Crippen LogP contribution in [0.3, 0.4) is 0 Å². The molecule has 2 aromatic carbocycles. The van der Waals surface area contributed by atoms with Crippen LogP contribution in [-0.2, 0) is 4.74 Å². The summed E-state index contributed by atoms with van der Waals surface area (Å²) in [6, 6.07) is 11.6. The molecular weight excluding hydrogens is 309 g/mol. The normalized spacial score (nSPS) is 10.0. The largest absolute Gasteiger partial charge is 0.496 e. The minimum atomic E-state index is -0.443. The van der Waals surface area contributed by atoms with E-state index in [9.17, 15) is 9.18 Å². The van der Waals surface area contributed by atoms with Crippen molar-refractivity contribution in [3.05, 3.63) is 54.0 Å². The van der Waals surface area contributed by atoms with Crippen LogP contribution in [0.1, 0.15) is 24.3 Å². The number of carbonyl (C=O) groups is 1. The van der Waals surface area contributed by atoms with Crippen molar-refractivity contribution in [2.75, 3.05) is 14.2 Å². The summed E-state index contributed by atoms with van der Waals surface area (Å²) in [6.07, 6.45) is 0. The van der Waals surface area contributed by atoms with E-state index in [1.165, 1.54) is 19.2 Å². The van der Waals surface area contributed by atoms with E-state index in [-0.39, 0.29) is 5.82 Å². The van der Waals surface area contributed by atoms with Crippen molar-refractivity contribution < 1.29 is 18.7 Å².